The first-order valence-electron chi connectivity index (χ1n) is 7.38. The summed E-state index contributed by atoms with van der Waals surface area (Å²) < 4.78 is 12.9. The number of nitrogens with one attached hydrogen (secondary N) is 2. The summed E-state index contributed by atoms with van der Waals surface area (Å²) in [7, 11) is 1.84. The fourth-order valence-electron chi connectivity index (χ4n) is 2.69. The second-order valence-electron chi connectivity index (χ2n) is 5.24. The van der Waals surface area contributed by atoms with Crippen molar-refractivity contribution in [1.82, 2.24) is 15.0 Å². The van der Waals surface area contributed by atoms with Crippen molar-refractivity contribution in [2.24, 2.45) is 0 Å². The van der Waals surface area contributed by atoms with E-state index < -0.39 is 0 Å². The Balaban J connectivity index is 1.66. The lowest BCUT2D eigenvalue weighted by atomic mass is 10.2. The Morgan fingerprint density at radius 1 is 1.27 bits per heavy atom. The molecule has 7 heteroatoms. The molecule has 6 nitrogen and oxygen atoms in total. The van der Waals surface area contributed by atoms with Crippen LogP contribution >= 0.6 is 0 Å². The SMILES string of the molecule is CNc1cc(N2CCC[C@H]2CNc2ccc(F)cn2)ncn1. The summed E-state index contributed by atoms with van der Waals surface area (Å²) in [5, 5.41) is 6.29. The van der Waals surface area contributed by atoms with E-state index in [1.165, 1.54) is 12.3 Å². The zero-order valence-corrected chi connectivity index (χ0v) is 12.5. The third-order valence-corrected chi connectivity index (χ3v) is 3.83. The molecule has 1 aliphatic rings. The summed E-state index contributed by atoms with van der Waals surface area (Å²) in [5.74, 6) is 2.10. The maximum atomic E-state index is 12.9. The van der Waals surface area contributed by atoms with Crippen molar-refractivity contribution >= 4 is 17.5 Å². The number of hydrogen-bond donors (Lipinski definition) is 2. The van der Waals surface area contributed by atoms with Crippen LogP contribution in [0.15, 0.2) is 30.7 Å². The molecule has 0 saturated carbocycles. The maximum absolute atomic E-state index is 12.9. The standard InChI is InChI=1S/C15H19FN6/c1-17-14-7-15(21-10-20-14)22-6-2-3-12(22)9-19-13-5-4-11(16)8-18-13/h4-5,7-8,10,12H,2-3,6,9H2,1H3,(H,18,19)(H,17,20,21)/t12-/m0/s1. The molecule has 0 radical (unpaired) electrons. The van der Waals surface area contributed by atoms with Gasteiger partial charge in [0.25, 0.3) is 0 Å². The Morgan fingerprint density at radius 2 is 2.18 bits per heavy atom. The molecule has 116 valence electrons. The van der Waals surface area contributed by atoms with Crippen LogP contribution in [0, 0.1) is 5.82 Å². The second-order valence-corrected chi connectivity index (χ2v) is 5.24. The molecular weight excluding hydrogens is 283 g/mol. The predicted octanol–water partition coefficient (Wildman–Crippen LogP) is 2.13. The number of aromatic nitrogens is 3. The zero-order chi connectivity index (χ0) is 15.4. The van der Waals surface area contributed by atoms with Crippen LogP contribution in [0.4, 0.5) is 21.8 Å². The van der Waals surface area contributed by atoms with Gasteiger partial charge in [0.15, 0.2) is 0 Å². The van der Waals surface area contributed by atoms with Gasteiger partial charge in [-0.2, -0.15) is 0 Å². The molecule has 3 heterocycles. The van der Waals surface area contributed by atoms with Gasteiger partial charge in [0, 0.05) is 32.2 Å². The summed E-state index contributed by atoms with van der Waals surface area (Å²) in [6.45, 7) is 1.72. The van der Waals surface area contributed by atoms with Crippen molar-refractivity contribution < 1.29 is 4.39 Å². The fourth-order valence-corrected chi connectivity index (χ4v) is 2.69. The molecule has 0 aromatic carbocycles. The van der Waals surface area contributed by atoms with Gasteiger partial charge in [-0.25, -0.2) is 19.3 Å². The van der Waals surface area contributed by atoms with Crippen LogP contribution in [0.3, 0.4) is 0 Å². The van der Waals surface area contributed by atoms with Gasteiger partial charge >= 0.3 is 0 Å². The predicted molar refractivity (Wildman–Crippen MR) is 84.6 cm³/mol. The highest BCUT2D eigenvalue weighted by Crippen LogP contribution is 2.25. The summed E-state index contributed by atoms with van der Waals surface area (Å²) in [4.78, 5) is 14.8. The van der Waals surface area contributed by atoms with E-state index in [4.69, 9.17) is 0 Å². The van der Waals surface area contributed by atoms with Crippen LogP contribution in [-0.4, -0.2) is 41.1 Å². The van der Waals surface area contributed by atoms with Crippen molar-refractivity contribution in [3.8, 4) is 0 Å². The van der Waals surface area contributed by atoms with Crippen LogP contribution < -0.4 is 15.5 Å². The van der Waals surface area contributed by atoms with Gasteiger partial charge in [0.05, 0.1) is 6.20 Å². The zero-order valence-electron chi connectivity index (χ0n) is 12.5. The number of rotatable bonds is 5. The van der Waals surface area contributed by atoms with E-state index >= 15 is 0 Å². The quantitative estimate of drug-likeness (QED) is 0.882. The van der Waals surface area contributed by atoms with Gasteiger partial charge in [-0.3, -0.25) is 0 Å². The van der Waals surface area contributed by atoms with Crippen LogP contribution in [0.1, 0.15) is 12.8 Å². The molecule has 1 fully saturated rings. The molecule has 2 N–H and O–H groups in total. The largest absolute Gasteiger partial charge is 0.373 e. The first-order chi connectivity index (χ1) is 10.8. The highest BCUT2D eigenvalue weighted by atomic mass is 19.1. The minimum absolute atomic E-state index is 0.325. The highest BCUT2D eigenvalue weighted by Gasteiger charge is 2.25. The average molecular weight is 302 g/mol. The molecule has 1 aliphatic heterocycles. The molecule has 1 atom stereocenters. The summed E-state index contributed by atoms with van der Waals surface area (Å²) >= 11 is 0. The smallest absolute Gasteiger partial charge is 0.141 e. The van der Waals surface area contributed by atoms with Gasteiger partial charge in [-0.15, -0.1) is 0 Å². The minimum Gasteiger partial charge on any atom is -0.373 e. The van der Waals surface area contributed by atoms with E-state index in [2.05, 4.69) is 30.5 Å². The van der Waals surface area contributed by atoms with Crippen LogP contribution in [0.25, 0.3) is 0 Å². The lowest BCUT2D eigenvalue weighted by molar-refractivity contribution is 0.621. The van der Waals surface area contributed by atoms with Crippen LogP contribution in [0.2, 0.25) is 0 Å². The molecule has 0 aliphatic carbocycles. The molecule has 0 unspecified atom stereocenters. The van der Waals surface area contributed by atoms with Crippen LogP contribution in [0.5, 0.6) is 0 Å². The average Bonchev–Trinajstić information content (AvgIpc) is 3.03. The Hall–Kier alpha value is -2.44. The van der Waals surface area contributed by atoms with E-state index in [1.807, 2.05) is 13.1 Å². The first-order valence-corrected chi connectivity index (χ1v) is 7.38. The van der Waals surface area contributed by atoms with E-state index in [0.717, 1.165) is 37.6 Å². The number of nitrogens with zero attached hydrogens (tertiary/aromatic N) is 4. The van der Waals surface area contributed by atoms with E-state index in [0.29, 0.717) is 11.9 Å². The Bertz CT molecular complexity index is 618. The Labute approximate surface area is 128 Å². The van der Waals surface area contributed by atoms with E-state index in [9.17, 15) is 4.39 Å². The molecular formula is C15H19FN6. The summed E-state index contributed by atoms with van der Waals surface area (Å²) in [6, 6.07) is 5.35. The molecule has 22 heavy (non-hydrogen) atoms. The normalized spacial score (nSPS) is 17.5. The molecule has 3 rings (SSSR count). The Kier molecular flexibility index (Phi) is 4.32. The minimum atomic E-state index is -0.325. The lowest BCUT2D eigenvalue weighted by Gasteiger charge is -2.26. The molecule has 2 aromatic heterocycles. The van der Waals surface area contributed by atoms with Crippen LogP contribution in [-0.2, 0) is 0 Å². The first kappa shape index (κ1) is 14.5. The number of hydrogen-bond acceptors (Lipinski definition) is 6. The topological polar surface area (TPSA) is 66.0 Å². The highest BCUT2D eigenvalue weighted by molar-refractivity contribution is 5.50. The number of pyridine rings is 1. The maximum Gasteiger partial charge on any atom is 0.141 e. The van der Waals surface area contributed by atoms with Crippen molar-refractivity contribution in [1.29, 1.82) is 0 Å². The second kappa shape index (κ2) is 6.55. The van der Waals surface area contributed by atoms with E-state index in [1.54, 1.807) is 12.4 Å². The monoisotopic (exact) mass is 302 g/mol. The lowest BCUT2D eigenvalue weighted by Crippen LogP contribution is -2.35. The van der Waals surface area contributed by atoms with Gasteiger partial charge in [-0.1, -0.05) is 0 Å². The van der Waals surface area contributed by atoms with Crippen molar-refractivity contribution in [2.75, 3.05) is 35.7 Å². The molecule has 0 spiro atoms. The molecule has 2 aromatic rings. The van der Waals surface area contributed by atoms with Gasteiger partial charge in [-0.05, 0) is 25.0 Å². The molecule has 0 amide bonds. The molecule has 1 saturated heterocycles. The number of halogens is 1. The van der Waals surface area contributed by atoms with Gasteiger partial charge in [0.1, 0.15) is 29.6 Å². The third kappa shape index (κ3) is 3.24. The van der Waals surface area contributed by atoms with Gasteiger partial charge in [0.2, 0.25) is 0 Å². The summed E-state index contributed by atoms with van der Waals surface area (Å²) in [5.41, 5.74) is 0. The Morgan fingerprint density at radius 3 is 2.95 bits per heavy atom. The van der Waals surface area contributed by atoms with Crippen molar-refractivity contribution in [3.05, 3.63) is 36.5 Å². The molecule has 0 bridgehead atoms. The van der Waals surface area contributed by atoms with Crippen molar-refractivity contribution in [2.45, 2.75) is 18.9 Å². The van der Waals surface area contributed by atoms with Crippen molar-refractivity contribution in [3.63, 3.8) is 0 Å². The number of anilines is 3. The van der Waals surface area contributed by atoms with Gasteiger partial charge < -0.3 is 15.5 Å². The summed E-state index contributed by atoms with van der Waals surface area (Å²) in [6.07, 6.45) is 5.01. The van der Waals surface area contributed by atoms with E-state index in [-0.39, 0.29) is 5.82 Å². The fraction of sp³-hybridized carbons (Fsp3) is 0.400. The third-order valence-electron chi connectivity index (χ3n) is 3.83.